The minimum Gasteiger partial charge on any atom is -0.356 e. The summed E-state index contributed by atoms with van der Waals surface area (Å²) in [5, 5.41) is 2.89. The maximum Gasteiger partial charge on any atom is 0.267 e. The van der Waals surface area contributed by atoms with Gasteiger partial charge >= 0.3 is 0 Å². The Hall–Kier alpha value is -2.74. The first-order chi connectivity index (χ1) is 12.6. The van der Waals surface area contributed by atoms with Gasteiger partial charge < -0.3 is 15.2 Å². The standard InChI is InChI=1S/C18H24N6O2/c1-14(25)15-12-16(22-13-15)17(26)19-6-3-7-23-8-10-24(11-9-23)18-20-4-2-5-21-18/h2,4-5,12-13,22H,3,6-11H2,1H3,(H,19,26). The van der Waals surface area contributed by atoms with Gasteiger partial charge in [-0.05, 0) is 32.0 Å². The fraction of sp³-hybridized carbons (Fsp3) is 0.444. The molecule has 1 saturated heterocycles. The van der Waals surface area contributed by atoms with Crippen LogP contribution < -0.4 is 10.2 Å². The smallest absolute Gasteiger partial charge is 0.267 e. The van der Waals surface area contributed by atoms with E-state index in [1.165, 1.54) is 6.92 Å². The number of ketones is 1. The van der Waals surface area contributed by atoms with Crippen LogP contribution in [0.25, 0.3) is 0 Å². The summed E-state index contributed by atoms with van der Waals surface area (Å²) in [6.45, 7) is 6.77. The van der Waals surface area contributed by atoms with Gasteiger partial charge in [-0.3, -0.25) is 14.5 Å². The van der Waals surface area contributed by atoms with Crippen molar-refractivity contribution in [2.75, 3.05) is 44.2 Å². The summed E-state index contributed by atoms with van der Waals surface area (Å²) in [5.74, 6) is 0.555. The lowest BCUT2D eigenvalue weighted by Gasteiger charge is -2.34. The summed E-state index contributed by atoms with van der Waals surface area (Å²) in [7, 11) is 0. The molecular weight excluding hydrogens is 332 g/mol. The predicted molar refractivity (Wildman–Crippen MR) is 98.4 cm³/mol. The van der Waals surface area contributed by atoms with Crippen LogP contribution in [0.1, 0.15) is 34.2 Å². The number of carbonyl (C=O) groups excluding carboxylic acids is 2. The van der Waals surface area contributed by atoms with Crippen molar-refractivity contribution in [3.05, 3.63) is 42.0 Å². The molecule has 3 heterocycles. The van der Waals surface area contributed by atoms with Crippen LogP contribution in [0.2, 0.25) is 0 Å². The number of amides is 1. The van der Waals surface area contributed by atoms with E-state index in [1.54, 1.807) is 24.7 Å². The Morgan fingerprint density at radius 3 is 2.58 bits per heavy atom. The van der Waals surface area contributed by atoms with Crippen molar-refractivity contribution in [1.29, 1.82) is 0 Å². The summed E-state index contributed by atoms with van der Waals surface area (Å²) in [6, 6.07) is 3.41. The molecule has 0 saturated carbocycles. The highest BCUT2D eigenvalue weighted by atomic mass is 16.2. The first-order valence-corrected chi connectivity index (χ1v) is 8.85. The topological polar surface area (TPSA) is 94.2 Å². The van der Waals surface area contributed by atoms with Gasteiger partial charge in [0.1, 0.15) is 5.69 Å². The van der Waals surface area contributed by atoms with Crippen molar-refractivity contribution in [3.8, 4) is 0 Å². The van der Waals surface area contributed by atoms with Gasteiger partial charge in [0.05, 0.1) is 0 Å². The number of H-pyrrole nitrogens is 1. The van der Waals surface area contributed by atoms with Gasteiger partial charge in [0, 0.05) is 56.9 Å². The lowest BCUT2D eigenvalue weighted by molar-refractivity contribution is 0.0947. The fourth-order valence-corrected chi connectivity index (χ4v) is 2.95. The lowest BCUT2D eigenvalue weighted by atomic mass is 10.2. The highest BCUT2D eigenvalue weighted by Gasteiger charge is 2.18. The number of carbonyl (C=O) groups is 2. The third-order valence-corrected chi connectivity index (χ3v) is 4.48. The first-order valence-electron chi connectivity index (χ1n) is 8.85. The van der Waals surface area contributed by atoms with Crippen LogP contribution in [0.15, 0.2) is 30.7 Å². The lowest BCUT2D eigenvalue weighted by Crippen LogP contribution is -2.47. The van der Waals surface area contributed by atoms with Gasteiger partial charge in [-0.25, -0.2) is 9.97 Å². The van der Waals surface area contributed by atoms with Crippen LogP contribution in [-0.2, 0) is 0 Å². The van der Waals surface area contributed by atoms with Crippen molar-refractivity contribution in [1.82, 2.24) is 25.2 Å². The Labute approximate surface area is 152 Å². The van der Waals surface area contributed by atoms with Crippen molar-refractivity contribution < 1.29 is 9.59 Å². The van der Waals surface area contributed by atoms with Crippen LogP contribution in [-0.4, -0.2) is 70.8 Å². The predicted octanol–water partition coefficient (Wildman–Crippen LogP) is 0.949. The molecule has 1 amide bonds. The number of anilines is 1. The number of aromatic nitrogens is 3. The number of aromatic amines is 1. The zero-order valence-electron chi connectivity index (χ0n) is 14.9. The Balaban J connectivity index is 1.34. The van der Waals surface area contributed by atoms with Gasteiger partial charge in [0.25, 0.3) is 5.91 Å². The van der Waals surface area contributed by atoms with Crippen LogP contribution in [0.3, 0.4) is 0 Å². The molecule has 0 atom stereocenters. The maximum atomic E-state index is 12.0. The summed E-state index contributed by atoms with van der Waals surface area (Å²) in [5.41, 5.74) is 0.946. The molecule has 1 fully saturated rings. The Kier molecular flexibility index (Phi) is 5.96. The van der Waals surface area contributed by atoms with Gasteiger partial charge in [-0.2, -0.15) is 0 Å². The quantitative estimate of drug-likeness (QED) is 0.567. The van der Waals surface area contributed by atoms with Crippen LogP contribution in [0.5, 0.6) is 0 Å². The second-order valence-corrected chi connectivity index (χ2v) is 6.35. The summed E-state index contributed by atoms with van der Waals surface area (Å²) < 4.78 is 0. The minimum absolute atomic E-state index is 0.0552. The van der Waals surface area contributed by atoms with E-state index in [0.717, 1.165) is 45.1 Å². The molecule has 0 bridgehead atoms. The summed E-state index contributed by atoms with van der Waals surface area (Å²) in [4.78, 5) is 39.3. The van der Waals surface area contributed by atoms with Gasteiger partial charge in [-0.1, -0.05) is 0 Å². The molecule has 138 valence electrons. The van der Waals surface area contributed by atoms with E-state index in [9.17, 15) is 9.59 Å². The second kappa shape index (κ2) is 8.57. The largest absolute Gasteiger partial charge is 0.356 e. The molecule has 0 aromatic carbocycles. The zero-order valence-corrected chi connectivity index (χ0v) is 14.9. The van der Waals surface area contributed by atoms with E-state index in [0.29, 0.717) is 17.8 Å². The highest BCUT2D eigenvalue weighted by Crippen LogP contribution is 2.09. The number of Topliss-reactive ketones (excluding diaryl/α,β-unsaturated/α-hetero) is 1. The highest BCUT2D eigenvalue weighted by molar-refractivity contribution is 5.99. The molecule has 8 nitrogen and oxygen atoms in total. The van der Waals surface area contributed by atoms with E-state index in [2.05, 4.69) is 30.1 Å². The Morgan fingerprint density at radius 2 is 1.92 bits per heavy atom. The van der Waals surface area contributed by atoms with Crippen molar-refractivity contribution >= 4 is 17.6 Å². The normalized spacial score (nSPS) is 15.0. The van der Waals surface area contributed by atoms with E-state index in [1.807, 2.05) is 6.07 Å². The average molecular weight is 356 g/mol. The summed E-state index contributed by atoms with van der Waals surface area (Å²) in [6.07, 6.45) is 5.98. The third-order valence-electron chi connectivity index (χ3n) is 4.48. The molecule has 2 N–H and O–H groups in total. The molecule has 0 spiro atoms. The minimum atomic E-state index is -0.177. The second-order valence-electron chi connectivity index (χ2n) is 6.35. The molecule has 2 aromatic rings. The van der Waals surface area contributed by atoms with E-state index in [-0.39, 0.29) is 11.7 Å². The van der Waals surface area contributed by atoms with Crippen molar-refractivity contribution in [2.45, 2.75) is 13.3 Å². The molecule has 3 rings (SSSR count). The molecule has 0 radical (unpaired) electrons. The van der Waals surface area contributed by atoms with Crippen LogP contribution in [0, 0.1) is 0 Å². The SMILES string of the molecule is CC(=O)c1c[nH]c(C(=O)NCCCN2CCN(c3ncccn3)CC2)c1. The summed E-state index contributed by atoms with van der Waals surface area (Å²) >= 11 is 0. The van der Waals surface area contributed by atoms with E-state index < -0.39 is 0 Å². The maximum absolute atomic E-state index is 12.0. The van der Waals surface area contributed by atoms with Crippen molar-refractivity contribution in [3.63, 3.8) is 0 Å². The number of hydrogen-bond donors (Lipinski definition) is 2. The van der Waals surface area contributed by atoms with Crippen LogP contribution in [0.4, 0.5) is 5.95 Å². The first kappa shape index (κ1) is 18.1. The van der Waals surface area contributed by atoms with Gasteiger partial charge in [-0.15, -0.1) is 0 Å². The van der Waals surface area contributed by atoms with Gasteiger partial charge in [0.2, 0.25) is 5.95 Å². The molecule has 26 heavy (non-hydrogen) atoms. The number of hydrogen-bond acceptors (Lipinski definition) is 6. The molecule has 1 aliphatic heterocycles. The average Bonchev–Trinajstić information content (AvgIpc) is 3.17. The van der Waals surface area contributed by atoms with Crippen molar-refractivity contribution in [2.24, 2.45) is 0 Å². The molecule has 8 heteroatoms. The van der Waals surface area contributed by atoms with Gasteiger partial charge in [0.15, 0.2) is 5.78 Å². The number of nitrogens with one attached hydrogen (secondary N) is 2. The molecule has 0 aliphatic carbocycles. The number of rotatable bonds is 7. The van der Waals surface area contributed by atoms with E-state index >= 15 is 0 Å². The number of piperazine rings is 1. The molecule has 2 aromatic heterocycles. The zero-order chi connectivity index (χ0) is 18.4. The molecule has 1 aliphatic rings. The van der Waals surface area contributed by atoms with Crippen LogP contribution >= 0.6 is 0 Å². The third kappa shape index (κ3) is 4.66. The fourth-order valence-electron chi connectivity index (χ4n) is 2.95. The molecule has 0 unspecified atom stereocenters. The Morgan fingerprint density at radius 1 is 1.19 bits per heavy atom. The molecular formula is C18H24N6O2. The Bertz CT molecular complexity index is 737. The number of nitrogens with zero attached hydrogens (tertiary/aromatic N) is 4. The van der Waals surface area contributed by atoms with E-state index in [4.69, 9.17) is 0 Å². The monoisotopic (exact) mass is 356 g/mol.